The molecule has 0 fully saturated rings. The molecule has 0 unspecified atom stereocenters. The standard InChI is InChI=1S/C30H34N6O3Si/c1-35(2)20-9-12-23-26(17-20)40(5,6)27-18-21(36(3)4)10-13-24(27)28(23)25-16-19(8-11-22(25)30(38)39)29(37)32-14-7-15-33-34-31/h8-13,16-18H,7,14-15H2,1-6H3,(H-,32,37,38,39). The summed E-state index contributed by atoms with van der Waals surface area (Å²) in [7, 11) is 5.80. The molecule has 2 aromatic carbocycles. The number of carbonyl (C=O) groups is 2. The van der Waals surface area contributed by atoms with Gasteiger partial charge in [-0.2, -0.15) is 0 Å². The van der Waals surface area contributed by atoms with Crippen LogP contribution < -0.4 is 20.5 Å². The van der Waals surface area contributed by atoms with Crippen molar-refractivity contribution in [3.05, 3.63) is 98.1 Å². The van der Waals surface area contributed by atoms with E-state index < -0.39 is 14.0 Å². The molecule has 0 aromatic heterocycles. The number of hydrogen-bond donors (Lipinski definition) is 1. The molecule has 9 nitrogen and oxygen atoms in total. The smallest absolute Gasteiger partial charge is 0.251 e. The first-order chi connectivity index (χ1) is 19.0. The predicted molar refractivity (Wildman–Crippen MR) is 160 cm³/mol. The van der Waals surface area contributed by atoms with E-state index in [0.29, 0.717) is 24.1 Å². The SMILES string of the molecule is CN(C)c1ccc2c(c1)[Si](C)(C)C1=CC(=[N+](C)C)C=CC1=C2c1cc(C(=O)NCCCN=[N+]=[N-])ccc1C(=O)[O-]. The molecule has 0 radical (unpaired) electrons. The molecule has 0 saturated carbocycles. The van der Waals surface area contributed by atoms with Gasteiger partial charge in [0.05, 0.1) is 5.97 Å². The first kappa shape index (κ1) is 28.6. The zero-order valence-corrected chi connectivity index (χ0v) is 24.8. The summed E-state index contributed by atoms with van der Waals surface area (Å²) in [6.45, 7) is 5.25. The molecule has 0 saturated heterocycles. The maximum atomic E-state index is 13.0. The zero-order valence-electron chi connectivity index (χ0n) is 23.8. The molecular formula is C30H34N6O3Si. The third-order valence-electron chi connectivity index (χ3n) is 7.48. The quantitative estimate of drug-likeness (QED) is 0.134. The van der Waals surface area contributed by atoms with Gasteiger partial charge in [0, 0.05) is 61.1 Å². The normalized spacial score (nSPS) is 14.9. The molecule has 1 aliphatic carbocycles. The van der Waals surface area contributed by atoms with Crippen LogP contribution in [-0.4, -0.2) is 71.5 Å². The van der Waals surface area contributed by atoms with E-state index in [1.807, 2.05) is 40.3 Å². The summed E-state index contributed by atoms with van der Waals surface area (Å²) >= 11 is 0. The molecule has 1 aliphatic heterocycles. The highest BCUT2D eigenvalue weighted by molar-refractivity contribution is 6.98. The lowest BCUT2D eigenvalue weighted by Crippen LogP contribution is -2.50. The number of anilines is 1. The number of benzene rings is 2. The second kappa shape index (κ2) is 11.4. The zero-order chi connectivity index (χ0) is 29.2. The van der Waals surface area contributed by atoms with Crippen molar-refractivity contribution in [1.82, 2.24) is 5.32 Å². The van der Waals surface area contributed by atoms with Gasteiger partial charge < -0.3 is 20.1 Å². The third kappa shape index (κ3) is 5.36. The largest absolute Gasteiger partial charge is 0.545 e. The molecule has 0 spiro atoms. The van der Waals surface area contributed by atoms with E-state index in [9.17, 15) is 14.7 Å². The Morgan fingerprint density at radius 1 is 1.10 bits per heavy atom. The van der Waals surface area contributed by atoms with E-state index in [1.54, 1.807) is 6.07 Å². The molecule has 1 N–H and O–H groups in total. The number of nitrogens with zero attached hydrogens (tertiary/aromatic N) is 5. The number of rotatable bonds is 8. The summed E-state index contributed by atoms with van der Waals surface area (Å²) in [5.74, 6) is -1.63. The molecule has 40 heavy (non-hydrogen) atoms. The Hall–Kier alpha value is -4.40. The topological polar surface area (TPSA) is 124 Å². The van der Waals surface area contributed by atoms with Crippen LogP contribution in [0.1, 0.15) is 38.3 Å². The second-order valence-corrected chi connectivity index (χ2v) is 15.2. The van der Waals surface area contributed by atoms with Crippen molar-refractivity contribution >= 4 is 42.1 Å². The number of amides is 1. The lowest BCUT2D eigenvalue weighted by Gasteiger charge is -2.38. The number of allylic oxidation sites excluding steroid dienone is 5. The highest BCUT2D eigenvalue weighted by atomic mass is 28.3. The number of carboxylic acid groups (broad SMARTS) is 1. The summed E-state index contributed by atoms with van der Waals surface area (Å²) in [6.07, 6.45) is 6.83. The molecule has 0 bridgehead atoms. The van der Waals surface area contributed by atoms with Gasteiger partial charge in [0.25, 0.3) is 5.91 Å². The average molecular weight is 555 g/mol. The van der Waals surface area contributed by atoms with Gasteiger partial charge in [0.2, 0.25) is 0 Å². The summed E-state index contributed by atoms with van der Waals surface area (Å²) in [5.41, 5.74) is 14.1. The molecule has 2 aliphatic rings. The van der Waals surface area contributed by atoms with Gasteiger partial charge in [0.1, 0.15) is 22.2 Å². The van der Waals surface area contributed by atoms with Gasteiger partial charge in [-0.3, -0.25) is 4.79 Å². The van der Waals surface area contributed by atoms with Crippen LogP contribution in [0.3, 0.4) is 0 Å². The van der Waals surface area contributed by atoms with Crippen molar-refractivity contribution in [1.29, 1.82) is 0 Å². The van der Waals surface area contributed by atoms with Crippen LogP contribution in [0.15, 0.2) is 70.5 Å². The number of nitrogens with one attached hydrogen (secondary N) is 1. The van der Waals surface area contributed by atoms with Crippen LogP contribution >= 0.6 is 0 Å². The molecule has 0 atom stereocenters. The first-order valence-electron chi connectivity index (χ1n) is 13.1. The second-order valence-electron chi connectivity index (χ2n) is 10.9. The van der Waals surface area contributed by atoms with Crippen molar-refractivity contribution in [3.8, 4) is 0 Å². The average Bonchev–Trinajstić information content (AvgIpc) is 2.92. The summed E-state index contributed by atoms with van der Waals surface area (Å²) in [4.78, 5) is 30.2. The number of fused-ring (bicyclic) bond motifs is 2. The van der Waals surface area contributed by atoms with Gasteiger partial charge in [0.15, 0.2) is 5.71 Å². The van der Waals surface area contributed by atoms with Crippen molar-refractivity contribution in [2.45, 2.75) is 19.5 Å². The van der Waals surface area contributed by atoms with Crippen molar-refractivity contribution in [3.63, 3.8) is 0 Å². The maximum Gasteiger partial charge on any atom is 0.251 e. The third-order valence-corrected chi connectivity index (χ3v) is 11.0. The molecular weight excluding hydrogens is 520 g/mol. The number of aromatic carboxylic acids is 1. The molecule has 1 heterocycles. The van der Waals surface area contributed by atoms with Gasteiger partial charge in [-0.15, -0.1) is 0 Å². The summed E-state index contributed by atoms with van der Waals surface area (Å²) in [5, 5.41) is 21.1. The highest BCUT2D eigenvalue weighted by Gasteiger charge is 2.41. The first-order valence-corrected chi connectivity index (χ1v) is 16.1. The number of carbonyl (C=O) groups excluding carboxylic acids is 2. The van der Waals surface area contributed by atoms with E-state index in [0.717, 1.165) is 28.1 Å². The molecule has 2 aromatic rings. The molecule has 1 amide bonds. The Kier molecular flexibility index (Phi) is 8.13. The lowest BCUT2D eigenvalue weighted by atomic mass is 9.86. The summed E-state index contributed by atoms with van der Waals surface area (Å²) < 4.78 is 2.07. The number of azide groups is 1. The minimum Gasteiger partial charge on any atom is -0.545 e. The Balaban J connectivity index is 1.96. The van der Waals surface area contributed by atoms with Crippen LogP contribution in [0, 0.1) is 0 Å². The van der Waals surface area contributed by atoms with Crippen LogP contribution in [-0.2, 0) is 0 Å². The number of carboxylic acids is 1. The van der Waals surface area contributed by atoms with E-state index in [1.165, 1.54) is 22.5 Å². The predicted octanol–water partition coefficient (Wildman–Crippen LogP) is 3.03. The van der Waals surface area contributed by atoms with Gasteiger partial charge in [-0.25, -0.2) is 4.58 Å². The Bertz CT molecular complexity index is 1570. The van der Waals surface area contributed by atoms with Crippen molar-refractivity contribution in [2.24, 2.45) is 5.11 Å². The van der Waals surface area contributed by atoms with E-state index in [4.69, 9.17) is 5.53 Å². The van der Waals surface area contributed by atoms with Crippen molar-refractivity contribution in [2.75, 3.05) is 46.2 Å². The molecule has 4 rings (SSSR count). The van der Waals surface area contributed by atoms with Crippen LogP contribution in [0.25, 0.3) is 16.0 Å². The summed E-state index contributed by atoms with van der Waals surface area (Å²) in [6, 6.07) is 10.9. The van der Waals surface area contributed by atoms with Crippen molar-refractivity contribution < 1.29 is 19.3 Å². The fourth-order valence-electron chi connectivity index (χ4n) is 5.24. The fourth-order valence-corrected chi connectivity index (χ4v) is 8.31. The lowest BCUT2D eigenvalue weighted by molar-refractivity contribution is -0.462. The molecule has 206 valence electrons. The van der Waals surface area contributed by atoms with E-state index in [-0.39, 0.29) is 18.0 Å². The minimum atomic E-state index is -2.22. The van der Waals surface area contributed by atoms with Gasteiger partial charge >= 0.3 is 0 Å². The Labute approximate surface area is 235 Å². The van der Waals surface area contributed by atoms with Gasteiger partial charge in [-0.1, -0.05) is 30.3 Å². The minimum absolute atomic E-state index is 0.0292. The fraction of sp³-hybridized carbons (Fsp3) is 0.300. The van der Waals surface area contributed by atoms with E-state index in [2.05, 4.69) is 62.2 Å². The van der Waals surface area contributed by atoms with Gasteiger partial charge in [-0.05, 0) is 74.9 Å². The highest BCUT2D eigenvalue weighted by Crippen LogP contribution is 2.42. The van der Waals surface area contributed by atoms with Crippen LogP contribution in [0.2, 0.25) is 13.1 Å². The van der Waals surface area contributed by atoms with Crippen LogP contribution in [0.4, 0.5) is 5.69 Å². The number of hydrogen-bond acceptors (Lipinski definition) is 5. The Morgan fingerprint density at radius 2 is 1.85 bits per heavy atom. The Morgan fingerprint density at radius 3 is 2.50 bits per heavy atom. The van der Waals surface area contributed by atoms with Crippen LogP contribution in [0.5, 0.6) is 0 Å². The molecule has 10 heteroatoms. The monoisotopic (exact) mass is 554 g/mol. The van der Waals surface area contributed by atoms with E-state index >= 15 is 0 Å². The maximum absolute atomic E-state index is 13.0.